The molecule has 0 aromatic heterocycles. The zero-order chi connectivity index (χ0) is 15.9. The normalized spacial score (nSPS) is 10.1. The highest BCUT2D eigenvalue weighted by Gasteiger charge is 2.09. The Morgan fingerprint density at radius 2 is 1.91 bits per heavy atom. The molecule has 2 aromatic carbocycles. The Morgan fingerprint density at radius 3 is 2.64 bits per heavy atom. The third-order valence-corrected chi connectivity index (χ3v) is 3.47. The van der Waals surface area contributed by atoms with Gasteiger partial charge in [-0.2, -0.15) is 0 Å². The van der Waals surface area contributed by atoms with E-state index in [1.807, 2.05) is 48.5 Å². The van der Waals surface area contributed by atoms with Crippen LogP contribution in [0.1, 0.15) is 11.1 Å². The minimum absolute atomic E-state index is 0.136. The van der Waals surface area contributed by atoms with E-state index in [0.717, 1.165) is 16.9 Å². The van der Waals surface area contributed by atoms with E-state index in [4.69, 9.17) is 16.3 Å². The molecule has 1 N–H and O–H groups in total. The molecule has 0 aliphatic heterocycles. The lowest BCUT2D eigenvalue weighted by Crippen LogP contribution is -2.36. The molecule has 0 radical (unpaired) electrons. The number of hydrogen-bond donors (Lipinski definition) is 1. The lowest BCUT2D eigenvalue weighted by atomic mass is 10.2. The number of hydrogen-bond acceptors (Lipinski definition) is 2. The number of amides is 2. The van der Waals surface area contributed by atoms with E-state index in [2.05, 4.69) is 5.32 Å². The number of nitrogens with zero attached hydrogens (tertiary/aromatic N) is 1. The van der Waals surface area contributed by atoms with E-state index >= 15 is 0 Å². The van der Waals surface area contributed by atoms with Crippen molar-refractivity contribution in [3.8, 4) is 5.75 Å². The van der Waals surface area contributed by atoms with Gasteiger partial charge in [0, 0.05) is 25.2 Å². The SMILES string of the molecule is COc1cccc(CN(C)C(=O)NCc2cccc(Cl)c2)c1. The van der Waals surface area contributed by atoms with Gasteiger partial charge in [-0.25, -0.2) is 4.79 Å². The molecule has 0 saturated carbocycles. The fourth-order valence-corrected chi connectivity index (χ4v) is 2.29. The number of ether oxygens (including phenoxy) is 1. The predicted molar refractivity (Wildman–Crippen MR) is 88.1 cm³/mol. The second-order valence-corrected chi connectivity index (χ2v) is 5.43. The summed E-state index contributed by atoms with van der Waals surface area (Å²) in [7, 11) is 3.38. The largest absolute Gasteiger partial charge is 0.497 e. The molecule has 22 heavy (non-hydrogen) atoms. The minimum Gasteiger partial charge on any atom is -0.497 e. The highest BCUT2D eigenvalue weighted by molar-refractivity contribution is 6.30. The smallest absolute Gasteiger partial charge is 0.317 e. The van der Waals surface area contributed by atoms with E-state index < -0.39 is 0 Å². The quantitative estimate of drug-likeness (QED) is 0.913. The maximum Gasteiger partial charge on any atom is 0.317 e. The topological polar surface area (TPSA) is 41.6 Å². The molecule has 0 unspecified atom stereocenters. The zero-order valence-electron chi connectivity index (χ0n) is 12.7. The van der Waals surface area contributed by atoms with Gasteiger partial charge >= 0.3 is 6.03 Å². The first-order chi connectivity index (χ1) is 10.6. The van der Waals surface area contributed by atoms with Gasteiger partial charge in [0.2, 0.25) is 0 Å². The van der Waals surface area contributed by atoms with Crippen LogP contribution in [0.2, 0.25) is 5.02 Å². The molecule has 0 atom stereocenters. The van der Waals surface area contributed by atoms with E-state index in [9.17, 15) is 4.79 Å². The summed E-state index contributed by atoms with van der Waals surface area (Å²) in [6.45, 7) is 0.959. The molecule has 2 aromatic rings. The van der Waals surface area contributed by atoms with Gasteiger partial charge < -0.3 is 15.0 Å². The summed E-state index contributed by atoms with van der Waals surface area (Å²) < 4.78 is 5.18. The number of carbonyl (C=O) groups is 1. The zero-order valence-corrected chi connectivity index (χ0v) is 13.4. The Balaban J connectivity index is 1.89. The van der Waals surface area contributed by atoms with Gasteiger partial charge in [0.05, 0.1) is 7.11 Å². The molecule has 0 fully saturated rings. The summed E-state index contributed by atoms with van der Waals surface area (Å²) in [6.07, 6.45) is 0. The average Bonchev–Trinajstić information content (AvgIpc) is 2.52. The first kappa shape index (κ1) is 16.2. The van der Waals surface area contributed by atoms with Crippen molar-refractivity contribution in [2.75, 3.05) is 14.2 Å². The number of benzene rings is 2. The van der Waals surface area contributed by atoms with E-state index in [0.29, 0.717) is 18.1 Å². The number of methoxy groups -OCH3 is 1. The molecule has 0 aliphatic carbocycles. The van der Waals surface area contributed by atoms with Crippen LogP contribution in [0.3, 0.4) is 0 Å². The number of carbonyl (C=O) groups excluding carboxylic acids is 1. The van der Waals surface area contributed by atoms with Crippen LogP contribution in [0.5, 0.6) is 5.75 Å². The van der Waals surface area contributed by atoms with Crippen molar-refractivity contribution in [3.63, 3.8) is 0 Å². The molecule has 0 heterocycles. The minimum atomic E-state index is -0.136. The third-order valence-electron chi connectivity index (χ3n) is 3.23. The number of nitrogens with one attached hydrogen (secondary N) is 1. The summed E-state index contributed by atoms with van der Waals surface area (Å²) in [5.74, 6) is 0.783. The second kappa shape index (κ2) is 7.71. The van der Waals surface area contributed by atoms with E-state index in [-0.39, 0.29) is 6.03 Å². The lowest BCUT2D eigenvalue weighted by Gasteiger charge is -2.18. The van der Waals surface area contributed by atoms with Gasteiger partial charge in [-0.15, -0.1) is 0 Å². The molecule has 5 heteroatoms. The standard InChI is InChI=1S/C17H19ClN2O2/c1-20(12-14-6-4-8-16(10-14)22-2)17(21)19-11-13-5-3-7-15(18)9-13/h3-10H,11-12H2,1-2H3,(H,19,21). The fourth-order valence-electron chi connectivity index (χ4n) is 2.08. The summed E-state index contributed by atoms with van der Waals surface area (Å²) in [5.41, 5.74) is 1.98. The van der Waals surface area contributed by atoms with Gasteiger partial charge in [0.25, 0.3) is 0 Å². The summed E-state index contributed by atoms with van der Waals surface area (Å²) in [4.78, 5) is 13.7. The number of halogens is 1. The van der Waals surface area contributed by atoms with Gasteiger partial charge in [0.15, 0.2) is 0 Å². The molecule has 0 saturated heterocycles. The third kappa shape index (κ3) is 4.67. The van der Waals surface area contributed by atoms with Crippen molar-refractivity contribution in [2.24, 2.45) is 0 Å². The van der Waals surface area contributed by atoms with Gasteiger partial charge in [-0.3, -0.25) is 0 Å². The Morgan fingerprint density at radius 1 is 1.18 bits per heavy atom. The molecular weight excluding hydrogens is 300 g/mol. The first-order valence-corrected chi connectivity index (χ1v) is 7.32. The summed E-state index contributed by atoms with van der Waals surface area (Å²) >= 11 is 5.92. The Kier molecular flexibility index (Phi) is 5.67. The maximum absolute atomic E-state index is 12.1. The number of rotatable bonds is 5. The van der Waals surface area contributed by atoms with Crippen LogP contribution in [0.25, 0.3) is 0 Å². The molecule has 2 rings (SSSR count). The van der Waals surface area contributed by atoms with Crippen molar-refractivity contribution in [2.45, 2.75) is 13.1 Å². The monoisotopic (exact) mass is 318 g/mol. The Labute approximate surface area is 135 Å². The van der Waals surface area contributed by atoms with Crippen molar-refractivity contribution < 1.29 is 9.53 Å². The molecule has 4 nitrogen and oxygen atoms in total. The van der Waals surface area contributed by atoms with E-state index in [1.165, 1.54) is 0 Å². The molecular formula is C17H19ClN2O2. The van der Waals surface area contributed by atoms with Crippen LogP contribution in [0.15, 0.2) is 48.5 Å². The molecule has 0 spiro atoms. The second-order valence-electron chi connectivity index (χ2n) is 5.00. The maximum atomic E-state index is 12.1. The Hall–Kier alpha value is -2.20. The van der Waals surface area contributed by atoms with E-state index in [1.54, 1.807) is 19.1 Å². The van der Waals surface area contributed by atoms with Crippen molar-refractivity contribution in [1.29, 1.82) is 0 Å². The molecule has 116 valence electrons. The van der Waals surface area contributed by atoms with Crippen LogP contribution in [-0.4, -0.2) is 25.1 Å². The van der Waals surface area contributed by atoms with Crippen LogP contribution in [0, 0.1) is 0 Å². The number of urea groups is 1. The van der Waals surface area contributed by atoms with Crippen molar-refractivity contribution >= 4 is 17.6 Å². The highest BCUT2D eigenvalue weighted by atomic mass is 35.5. The van der Waals surface area contributed by atoms with Gasteiger partial charge in [-0.1, -0.05) is 35.9 Å². The lowest BCUT2D eigenvalue weighted by molar-refractivity contribution is 0.206. The van der Waals surface area contributed by atoms with Gasteiger partial charge in [-0.05, 0) is 35.4 Å². The van der Waals surface area contributed by atoms with Crippen LogP contribution >= 0.6 is 11.6 Å². The predicted octanol–water partition coefficient (Wildman–Crippen LogP) is 3.69. The summed E-state index contributed by atoms with van der Waals surface area (Å²) in [5, 5.41) is 3.54. The Bertz CT molecular complexity index is 646. The molecule has 0 bridgehead atoms. The highest BCUT2D eigenvalue weighted by Crippen LogP contribution is 2.14. The first-order valence-electron chi connectivity index (χ1n) is 6.95. The van der Waals surface area contributed by atoms with Crippen molar-refractivity contribution in [3.05, 3.63) is 64.7 Å². The fraction of sp³-hybridized carbons (Fsp3) is 0.235. The van der Waals surface area contributed by atoms with Crippen LogP contribution in [-0.2, 0) is 13.1 Å². The molecule has 2 amide bonds. The molecule has 0 aliphatic rings. The van der Waals surface area contributed by atoms with Crippen molar-refractivity contribution in [1.82, 2.24) is 10.2 Å². The van der Waals surface area contributed by atoms with Gasteiger partial charge in [0.1, 0.15) is 5.75 Å². The summed E-state index contributed by atoms with van der Waals surface area (Å²) in [6, 6.07) is 15.0. The average molecular weight is 319 g/mol. The van der Waals surface area contributed by atoms with Crippen LogP contribution in [0.4, 0.5) is 4.79 Å². The van der Waals surface area contributed by atoms with Crippen LogP contribution < -0.4 is 10.1 Å².